The Morgan fingerprint density at radius 1 is 1.30 bits per heavy atom. The largest absolute Gasteiger partial charge is 0.303 e. The van der Waals surface area contributed by atoms with Gasteiger partial charge in [-0.25, -0.2) is 0 Å². The van der Waals surface area contributed by atoms with E-state index in [9.17, 15) is 0 Å². The van der Waals surface area contributed by atoms with Gasteiger partial charge in [0.25, 0.3) is 0 Å². The molecule has 58 valence electrons. The van der Waals surface area contributed by atoms with Crippen LogP contribution in [0.5, 0.6) is 0 Å². The molecule has 2 N–H and O–H groups in total. The lowest BCUT2D eigenvalue weighted by Crippen LogP contribution is -2.30. The van der Waals surface area contributed by atoms with E-state index in [2.05, 4.69) is 4.58 Å². The van der Waals surface area contributed by atoms with Gasteiger partial charge in [-0.3, -0.25) is 10.3 Å². The van der Waals surface area contributed by atoms with E-state index in [1.807, 2.05) is 6.26 Å². The predicted molar refractivity (Wildman–Crippen MR) is 46.6 cm³/mol. The van der Waals surface area contributed by atoms with Crippen LogP contribution in [0, 0.1) is 0 Å². The summed E-state index contributed by atoms with van der Waals surface area (Å²) in [5.41, 5.74) is 5.75. The molecule has 1 aliphatic heterocycles. The number of amidine groups is 1. The lowest BCUT2D eigenvalue weighted by Gasteiger charge is -2.13. The molecule has 1 fully saturated rings. The van der Waals surface area contributed by atoms with Gasteiger partial charge < -0.3 is 0 Å². The van der Waals surface area contributed by atoms with Crippen LogP contribution in [0.3, 0.4) is 0 Å². The van der Waals surface area contributed by atoms with Crippen LogP contribution >= 0.6 is 11.8 Å². The fourth-order valence-electron chi connectivity index (χ4n) is 1.24. The molecule has 0 saturated carbocycles. The van der Waals surface area contributed by atoms with Crippen molar-refractivity contribution >= 4 is 16.9 Å². The summed E-state index contributed by atoms with van der Waals surface area (Å²) in [7, 11) is 0. The summed E-state index contributed by atoms with van der Waals surface area (Å²) in [6, 6.07) is 0. The molecule has 1 aliphatic rings. The monoisotopic (exact) mass is 159 g/mol. The lowest BCUT2D eigenvalue weighted by molar-refractivity contribution is -0.535. The summed E-state index contributed by atoms with van der Waals surface area (Å²) in [4.78, 5) is 0. The van der Waals surface area contributed by atoms with Crippen molar-refractivity contribution in [2.75, 3.05) is 19.3 Å². The minimum absolute atomic E-state index is 0.986. The molecule has 0 aromatic rings. The average molecular weight is 159 g/mol. The zero-order valence-corrected chi connectivity index (χ0v) is 7.28. The number of hydrogen-bond acceptors (Lipinski definition) is 1. The molecule has 0 radical (unpaired) electrons. The van der Waals surface area contributed by atoms with Crippen LogP contribution in [0.15, 0.2) is 0 Å². The third-order valence-corrected chi connectivity index (χ3v) is 2.55. The standard InChI is InChI=1S/C7H14N2S/c1-10-7(8)9-5-3-2-4-6-9/h8H,2-6H2,1H3/p+1. The number of rotatable bonds is 0. The fourth-order valence-corrected chi connectivity index (χ4v) is 1.68. The van der Waals surface area contributed by atoms with Crippen molar-refractivity contribution < 1.29 is 4.58 Å². The first-order valence-corrected chi connectivity index (χ1v) is 4.98. The maximum atomic E-state index is 5.75. The van der Waals surface area contributed by atoms with Gasteiger partial charge in [-0.05, 0) is 37.3 Å². The zero-order chi connectivity index (χ0) is 7.40. The Hall–Kier alpha value is -0.180. The molecular weight excluding hydrogens is 144 g/mol. The first-order valence-electron chi connectivity index (χ1n) is 3.76. The Morgan fingerprint density at radius 2 is 1.90 bits per heavy atom. The van der Waals surface area contributed by atoms with Gasteiger partial charge in [-0.15, -0.1) is 0 Å². The molecule has 0 atom stereocenters. The summed E-state index contributed by atoms with van der Waals surface area (Å²) >= 11 is 1.65. The van der Waals surface area contributed by atoms with Gasteiger partial charge in [0.1, 0.15) is 0 Å². The molecule has 0 aromatic heterocycles. The molecule has 0 unspecified atom stereocenters. The first kappa shape index (κ1) is 7.92. The maximum Gasteiger partial charge on any atom is 0.303 e. The van der Waals surface area contributed by atoms with Crippen molar-refractivity contribution in [2.24, 2.45) is 5.73 Å². The van der Waals surface area contributed by atoms with E-state index in [1.165, 1.54) is 19.3 Å². The third kappa shape index (κ3) is 1.90. The van der Waals surface area contributed by atoms with Crippen LogP contribution in [0.1, 0.15) is 19.3 Å². The van der Waals surface area contributed by atoms with Crippen LogP contribution in [-0.4, -0.2) is 29.1 Å². The third-order valence-electron chi connectivity index (χ3n) is 1.88. The van der Waals surface area contributed by atoms with Crippen molar-refractivity contribution in [1.29, 1.82) is 0 Å². The van der Waals surface area contributed by atoms with Crippen molar-refractivity contribution in [3.63, 3.8) is 0 Å². The van der Waals surface area contributed by atoms with Gasteiger partial charge in [0.15, 0.2) is 0 Å². The number of thioether (sulfide) groups is 1. The zero-order valence-electron chi connectivity index (χ0n) is 6.47. The Bertz CT molecular complexity index is 135. The molecule has 0 spiro atoms. The number of piperidine rings is 1. The summed E-state index contributed by atoms with van der Waals surface area (Å²) in [6.45, 7) is 2.32. The van der Waals surface area contributed by atoms with Gasteiger partial charge in [0.05, 0.1) is 13.1 Å². The Kier molecular flexibility index (Phi) is 3.06. The second-order valence-corrected chi connectivity index (χ2v) is 3.42. The Balaban J connectivity index is 2.51. The van der Waals surface area contributed by atoms with Crippen LogP contribution in [0.2, 0.25) is 0 Å². The van der Waals surface area contributed by atoms with E-state index in [-0.39, 0.29) is 0 Å². The Morgan fingerprint density at radius 3 is 2.40 bits per heavy atom. The molecule has 1 rings (SSSR count). The van der Waals surface area contributed by atoms with Crippen LogP contribution in [0.25, 0.3) is 0 Å². The molecular formula is C7H15N2S+. The molecule has 0 aliphatic carbocycles. The molecule has 0 aromatic carbocycles. The summed E-state index contributed by atoms with van der Waals surface area (Å²) in [5.74, 6) is 0. The normalized spacial score (nSPS) is 19.1. The number of nitrogens with zero attached hydrogens (tertiary/aromatic N) is 1. The molecule has 0 bridgehead atoms. The molecule has 3 heteroatoms. The van der Waals surface area contributed by atoms with E-state index in [0.717, 1.165) is 18.3 Å². The maximum absolute atomic E-state index is 5.75. The summed E-state index contributed by atoms with van der Waals surface area (Å²) in [5, 5.41) is 0.986. The summed E-state index contributed by atoms with van der Waals surface area (Å²) < 4.78 is 2.27. The molecule has 2 nitrogen and oxygen atoms in total. The molecule has 10 heavy (non-hydrogen) atoms. The molecule has 0 amide bonds. The Labute approximate surface area is 66.5 Å². The van der Waals surface area contributed by atoms with Gasteiger partial charge >= 0.3 is 5.17 Å². The van der Waals surface area contributed by atoms with Crippen molar-refractivity contribution in [2.45, 2.75) is 19.3 Å². The highest BCUT2D eigenvalue weighted by atomic mass is 32.2. The van der Waals surface area contributed by atoms with Crippen LogP contribution in [-0.2, 0) is 0 Å². The average Bonchev–Trinajstić information content (AvgIpc) is 2.05. The van der Waals surface area contributed by atoms with Gasteiger partial charge in [0, 0.05) is 0 Å². The van der Waals surface area contributed by atoms with E-state index in [0.29, 0.717) is 0 Å². The van der Waals surface area contributed by atoms with E-state index in [1.54, 1.807) is 11.8 Å². The minimum atomic E-state index is 0.986. The van der Waals surface area contributed by atoms with Crippen molar-refractivity contribution in [3.05, 3.63) is 0 Å². The molecule has 1 saturated heterocycles. The first-order chi connectivity index (χ1) is 4.84. The van der Waals surface area contributed by atoms with Gasteiger partial charge in [0.2, 0.25) is 0 Å². The van der Waals surface area contributed by atoms with Crippen molar-refractivity contribution in [3.8, 4) is 0 Å². The quantitative estimate of drug-likeness (QED) is 0.419. The highest BCUT2D eigenvalue weighted by molar-refractivity contribution is 8.12. The smallest absolute Gasteiger partial charge is 0.281 e. The van der Waals surface area contributed by atoms with Gasteiger partial charge in [-0.2, -0.15) is 0 Å². The van der Waals surface area contributed by atoms with E-state index >= 15 is 0 Å². The highest BCUT2D eigenvalue weighted by Crippen LogP contribution is 2.05. The minimum Gasteiger partial charge on any atom is -0.281 e. The molecule has 1 heterocycles. The summed E-state index contributed by atoms with van der Waals surface area (Å²) in [6.07, 6.45) is 6.02. The van der Waals surface area contributed by atoms with Gasteiger partial charge in [-0.1, -0.05) is 0 Å². The topological polar surface area (TPSA) is 29.0 Å². The SMILES string of the molecule is CSC(N)=[N+]1CCCCC1. The number of hydrogen-bond donors (Lipinski definition) is 1. The van der Waals surface area contributed by atoms with E-state index in [4.69, 9.17) is 5.73 Å². The number of nitrogens with two attached hydrogens (primary N) is 1. The lowest BCUT2D eigenvalue weighted by atomic mass is 10.2. The second kappa shape index (κ2) is 3.86. The second-order valence-electron chi connectivity index (χ2n) is 2.59. The van der Waals surface area contributed by atoms with E-state index < -0.39 is 0 Å². The van der Waals surface area contributed by atoms with Crippen molar-refractivity contribution in [1.82, 2.24) is 0 Å². The fraction of sp³-hybridized carbons (Fsp3) is 0.857. The predicted octanol–water partition coefficient (Wildman–Crippen LogP) is 0.861. The highest BCUT2D eigenvalue weighted by Gasteiger charge is 2.11. The van der Waals surface area contributed by atoms with Crippen LogP contribution in [0.4, 0.5) is 0 Å². The van der Waals surface area contributed by atoms with Crippen LogP contribution < -0.4 is 5.73 Å².